The summed E-state index contributed by atoms with van der Waals surface area (Å²) < 4.78 is 31.4. The van der Waals surface area contributed by atoms with Crippen LogP contribution in [0.25, 0.3) is 11.3 Å². The van der Waals surface area contributed by atoms with E-state index in [1.54, 1.807) is 6.20 Å². The number of halogens is 2. The van der Waals surface area contributed by atoms with E-state index in [0.29, 0.717) is 17.0 Å². The Labute approximate surface area is 91.9 Å². The minimum Gasteiger partial charge on any atom is -0.494 e. The predicted octanol–water partition coefficient (Wildman–Crippen LogP) is 3.15. The van der Waals surface area contributed by atoms with Crippen molar-refractivity contribution in [1.29, 1.82) is 0 Å². The van der Waals surface area contributed by atoms with Crippen LogP contribution < -0.4 is 4.74 Å². The van der Waals surface area contributed by atoms with E-state index >= 15 is 0 Å². The molecule has 0 fully saturated rings. The Bertz CT molecular complexity index is 520. The highest BCUT2D eigenvalue weighted by atomic mass is 19.1. The molecule has 16 heavy (non-hydrogen) atoms. The van der Waals surface area contributed by atoms with Crippen LogP contribution in [0.1, 0.15) is 5.56 Å². The number of H-pyrrole nitrogens is 1. The van der Waals surface area contributed by atoms with Gasteiger partial charge in [0.2, 0.25) is 0 Å². The molecule has 0 atom stereocenters. The van der Waals surface area contributed by atoms with Crippen LogP contribution in [0.3, 0.4) is 0 Å². The summed E-state index contributed by atoms with van der Waals surface area (Å²) in [5.74, 6) is -0.785. The van der Waals surface area contributed by atoms with Gasteiger partial charge in [0.1, 0.15) is 17.4 Å². The summed E-state index contributed by atoms with van der Waals surface area (Å²) in [6, 6.07) is 3.39. The van der Waals surface area contributed by atoms with E-state index in [9.17, 15) is 8.78 Å². The summed E-state index contributed by atoms with van der Waals surface area (Å²) in [5.41, 5.74) is 1.35. The SMILES string of the molecule is [CH2]c1c[nH]c(-c2ccc(F)cc2F)c1OC. The van der Waals surface area contributed by atoms with Crippen LogP contribution in [-0.2, 0) is 0 Å². The highest BCUT2D eigenvalue weighted by Crippen LogP contribution is 2.33. The molecule has 1 heterocycles. The Balaban J connectivity index is 2.58. The summed E-state index contributed by atoms with van der Waals surface area (Å²) in [6.45, 7) is 3.73. The highest BCUT2D eigenvalue weighted by Gasteiger charge is 2.14. The standard InChI is InChI=1S/C12H10F2NO/c1-7-6-15-11(12(7)16-2)9-4-3-8(13)5-10(9)14/h3-6,15H,1H2,2H3. The normalized spacial score (nSPS) is 10.5. The summed E-state index contributed by atoms with van der Waals surface area (Å²) in [5, 5.41) is 0. The third-order valence-corrected chi connectivity index (χ3v) is 2.31. The van der Waals surface area contributed by atoms with Gasteiger partial charge >= 0.3 is 0 Å². The number of methoxy groups -OCH3 is 1. The Kier molecular flexibility index (Phi) is 2.64. The molecule has 0 aliphatic carbocycles. The first-order chi connectivity index (χ1) is 7.63. The monoisotopic (exact) mass is 222 g/mol. The molecule has 2 aromatic rings. The van der Waals surface area contributed by atoms with Crippen LogP contribution in [-0.4, -0.2) is 12.1 Å². The zero-order valence-electron chi connectivity index (χ0n) is 8.68. The maximum Gasteiger partial charge on any atom is 0.147 e. The number of aromatic amines is 1. The Morgan fingerprint density at radius 3 is 2.69 bits per heavy atom. The lowest BCUT2D eigenvalue weighted by Gasteiger charge is -2.05. The molecule has 1 N–H and O–H groups in total. The molecule has 0 saturated heterocycles. The molecule has 0 unspecified atom stereocenters. The molecule has 0 saturated carbocycles. The maximum atomic E-state index is 13.5. The molecule has 2 rings (SSSR count). The highest BCUT2D eigenvalue weighted by molar-refractivity contribution is 5.69. The van der Waals surface area contributed by atoms with Crippen molar-refractivity contribution in [3.63, 3.8) is 0 Å². The first kappa shape index (κ1) is 10.7. The van der Waals surface area contributed by atoms with Crippen LogP contribution in [0.5, 0.6) is 5.75 Å². The van der Waals surface area contributed by atoms with Crippen molar-refractivity contribution in [2.45, 2.75) is 0 Å². The van der Waals surface area contributed by atoms with Crippen molar-refractivity contribution < 1.29 is 13.5 Å². The van der Waals surface area contributed by atoms with E-state index in [1.165, 1.54) is 19.2 Å². The van der Waals surface area contributed by atoms with Gasteiger partial charge < -0.3 is 9.72 Å². The molecule has 83 valence electrons. The fraction of sp³-hybridized carbons (Fsp3) is 0.0833. The van der Waals surface area contributed by atoms with Gasteiger partial charge in [-0.25, -0.2) is 8.78 Å². The predicted molar refractivity (Wildman–Crippen MR) is 57.2 cm³/mol. The molecule has 1 aromatic heterocycles. The van der Waals surface area contributed by atoms with Crippen LogP contribution in [0, 0.1) is 18.6 Å². The number of hydrogen-bond donors (Lipinski definition) is 1. The fourth-order valence-electron chi connectivity index (χ4n) is 1.58. The zero-order valence-corrected chi connectivity index (χ0v) is 8.68. The number of ether oxygens (including phenoxy) is 1. The van der Waals surface area contributed by atoms with Crippen molar-refractivity contribution in [2.75, 3.05) is 7.11 Å². The molecule has 0 aliphatic heterocycles. The Hall–Kier alpha value is -1.84. The van der Waals surface area contributed by atoms with Crippen LogP contribution in [0.2, 0.25) is 0 Å². The second kappa shape index (κ2) is 3.96. The minimum atomic E-state index is -0.639. The lowest BCUT2D eigenvalue weighted by molar-refractivity contribution is 0.415. The second-order valence-corrected chi connectivity index (χ2v) is 3.35. The number of aromatic nitrogens is 1. The smallest absolute Gasteiger partial charge is 0.147 e. The first-order valence-electron chi connectivity index (χ1n) is 4.66. The first-order valence-corrected chi connectivity index (χ1v) is 4.66. The molecule has 0 aliphatic rings. The summed E-state index contributed by atoms with van der Waals surface area (Å²) in [7, 11) is 1.47. The number of rotatable bonds is 2. The Morgan fingerprint density at radius 1 is 1.31 bits per heavy atom. The molecule has 4 heteroatoms. The number of benzene rings is 1. The van der Waals surface area contributed by atoms with Gasteiger partial charge in [0.25, 0.3) is 0 Å². The van der Waals surface area contributed by atoms with Crippen LogP contribution in [0.15, 0.2) is 24.4 Å². The summed E-state index contributed by atoms with van der Waals surface area (Å²) in [4.78, 5) is 2.85. The van der Waals surface area contributed by atoms with Gasteiger partial charge in [0.05, 0.1) is 12.8 Å². The molecule has 0 bridgehead atoms. The van der Waals surface area contributed by atoms with E-state index in [4.69, 9.17) is 4.74 Å². The zero-order chi connectivity index (χ0) is 11.7. The van der Waals surface area contributed by atoms with Crippen molar-refractivity contribution in [3.05, 3.63) is 48.5 Å². The van der Waals surface area contributed by atoms with E-state index in [0.717, 1.165) is 6.07 Å². The van der Waals surface area contributed by atoms with Crippen molar-refractivity contribution in [2.24, 2.45) is 0 Å². The average molecular weight is 222 g/mol. The van der Waals surface area contributed by atoms with Gasteiger partial charge in [-0.15, -0.1) is 0 Å². The molecule has 2 nitrogen and oxygen atoms in total. The third-order valence-electron chi connectivity index (χ3n) is 2.31. The molecular formula is C12H10F2NO. The minimum absolute atomic E-state index is 0.258. The summed E-state index contributed by atoms with van der Waals surface area (Å²) in [6.07, 6.45) is 1.61. The molecule has 1 aromatic carbocycles. The quantitative estimate of drug-likeness (QED) is 0.829. The third kappa shape index (κ3) is 1.66. The van der Waals surface area contributed by atoms with Crippen molar-refractivity contribution in [1.82, 2.24) is 4.98 Å². The molecule has 0 amide bonds. The summed E-state index contributed by atoms with van der Waals surface area (Å²) >= 11 is 0. The fourth-order valence-corrected chi connectivity index (χ4v) is 1.58. The number of nitrogens with one attached hydrogen (secondary N) is 1. The van der Waals surface area contributed by atoms with Gasteiger partial charge in [0.15, 0.2) is 0 Å². The van der Waals surface area contributed by atoms with Gasteiger partial charge in [-0.2, -0.15) is 0 Å². The van der Waals surface area contributed by atoms with Gasteiger partial charge in [-0.3, -0.25) is 0 Å². The van der Waals surface area contributed by atoms with Crippen molar-refractivity contribution >= 4 is 0 Å². The molecular weight excluding hydrogens is 212 g/mol. The lowest BCUT2D eigenvalue weighted by atomic mass is 10.1. The van der Waals surface area contributed by atoms with Crippen molar-refractivity contribution in [3.8, 4) is 17.0 Å². The van der Waals surface area contributed by atoms with Crippen LogP contribution in [0.4, 0.5) is 8.78 Å². The topological polar surface area (TPSA) is 25.0 Å². The largest absolute Gasteiger partial charge is 0.494 e. The van der Waals surface area contributed by atoms with Gasteiger partial charge in [0, 0.05) is 23.4 Å². The van der Waals surface area contributed by atoms with E-state index in [-0.39, 0.29) is 5.56 Å². The van der Waals surface area contributed by atoms with E-state index < -0.39 is 11.6 Å². The molecule has 1 radical (unpaired) electrons. The van der Waals surface area contributed by atoms with E-state index in [1.807, 2.05) is 0 Å². The maximum absolute atomic E-state index is 13.5. The number of hydrogen-bond acceptors (Lipinski definition) is 1. The van der Waals surface area contributed by atoms with Crippen LogP contribution >= 0.6 is 0 Å². The molecule has 0 spiro atoms. The van der Waals surface area contributed by atoms with Gasteiger partial charge in [-0.1, -0.05) is 0 Å². The second-order valence-electron chi connectivity index (χ2n) is 3.35. The van der Waals surface area contributed by atoms with E-state index in [2.05, 4.69) is 11.9 Å². The Morgan fingerprint density at radius 2 is 2.06 bits per heavy atom. The van der Waals surface area contributed by atoms with Gasteiger partial charge in [-0.05, 0) is 19.1 Å². The lowest BCUT2D eigenvalue weighted by Crippen LogP contribution is -1.90. The average Bonchev–Trinajstić information content (AvgIpc) is 2.59.